The van der Waals surface area contributed by atoms with Crippen LogP contribution in [0.25, 0.3) is 23.0 Å². The van der Waals surface area contributed by atoms with E-state index in [1.165, 1.54) is 0 Å². The summed E-state index contributed by atoms with van der Waals surface area (Å²) < 4.78 is 13.7. The second-order valence-electron chi connectivity index (χ2n) is 6.64. The second kappa shape index (κ2) is 6.48. The fourth-order valence-corrected chi connectivity index (χ4v) is 3.43. The van der Waals surface area contributed by atoms with Gasteiger partial charge in [0.1, 0.15) is 6.10 Å². The number of aromatic nitrogens is 4. The van der Waals surface area contributed by atoms with Crippen molar-refractivity contribution in [3.05, 3.63) is 77.7 Å². The summed E-state index contributed by atoms with van der Waals surface area (Å²) in [6.07, 6.45) is 1.84. The van der Waals surface area contributed by atoms with Crippen molar-refractivity contribution in [2.75, 3.05) is 0 Å². The van der Waals surface area contributed by atoms with Gasteiger partial charge in [-0.1, -0.05) is 59.8 Å². The molecule has 6 heteroatoms. The number of ether oxygens (including phenoxy) is 1. The lowest BCUT2D eigenvalue weighted by molar-refractivity contribution is 0.00330. The van der Waals surface area contributed by atoms with E-state index in [1.54, 1.807) is 0 Å². The zero-order valence-electron chi connectivity index (χ0n) is 14.9. The molecule has 0 saturated heterocycles. The summed E-state index contributed by atoms with van der Waals surface area (Å²) in [5, 5.41) is 4.14. The van der Waals surface area contributed by atoms with Gasteiger partial charge in [0.15, 0.2) is 5.69 Å². The Balaban J connectivity index is 1.44. The van der Waals surface area contributed by atoms with Crippen molar-refractivity contribution in [2.45, 2.75) is 26.2 Å². The highest BCUT2D eigenvalue weighted by molar-refractivity contribution is 5.62. The van der Waals surface area contributed by atoms with Crippen molar-refractivity contribution >= 4 is 0 Å². The first kappa shape index (κ1) is 16.0. The Morgan fingerprint density at radius 3 is 2.70 bits per heavy atom. The van der Waals surface area contributed by atoms with Crippen LogP contribution in [0.15, 0.2) is 65.4 Å². The Bertz CT molecular complexity index is 1080. The largest absolute Gasteiger partial charge is 0.365 e. The summed E-state index contributed by atoms with van der Waals surface area (Å²) in [6, 6.07) is 18.2. The molecule has 27 heavy (non-hydrogen) atoms. The topological polar surface area (TPSA) is 66.0 Å². The minimum absolute atomic E-state index is 0.0194. The molecule has 3 heterocycles. The van der Waals surface area contributed by atoms with Gasteiger partial charge in [-0.15, -0.1) is 0 Å². The summed E-state index contributed by atoms with van der Waals surface area (Å²) >= 11 is 0. The third-order valence-electron chi connectivity index (χ3n) is 4.92. The molecule has 4 aromatic rings. The van der Waals surface area contributed by atoms with Gasteiger partial charge in [-0.05, 0) is 18.1 Å². The van der Waals surface area contributed by atoms with E-state index in [0.717, 1.165) is 22.4 Å². The van der Waals surface area contributed by atoms with Crippen LogP contribution in [0.1, 0.15) is 22.9 Å². The van der Waals surface area contributed by atoms with Crippen molar-refractivity contribution < 1.29 is 9.26 Å². The van der Waals surface area contributed by atoms with Crippen LogP contribution >= 0.6 is 0 Å². The van der Waals surface area contributed by atoms with Crippen LogP contribution in [0, 0.1) is 6.92 Å². The van der Waals surface area contributed by atoms with Crippen LogP contribution in [0.2, 0.25) is 0 Å². The molecule has 2 aromatic heterocycles. The lowest BCUT2D eigenvalue weighted by Crippen LogP contribution is -2.20. The van der Waals surface area contributed by atoms with Gasteiger partial charge in [0.25, 0.3) is 5.89 Å². The summed E-state index contributed by atoms with van der Waals surface area (Å²) in [5.74, 6) is 0.993. The number of fused-ring (bicyclic) bond motifs is 1. The first-order chi connectivity index (χ1) is 13.3. The molecule has 0 bridgehead atoms. The van der Waals surface area contributed by atoms with Crippen LogP contribution in [-0.4, -0.2) is 19.7 Å². The fourth-order valence-electron chi connectivity index (χ4n) is 3.43. The van der Waals surface area contributed by atoms with Crippen molar-refractivity contribution in [2.24, 2.45) is 0 Å². The van der Waals surface area contributed by atoms with E-state index in [9.17, 15) is 0 Å². The van der Waals surface area contributed by atoms with E-state index in [1.807, 2.05) is 55.7 Å². The molecule has 134 valence electrons. The van der Waals surface area contributed by atoms with Crippen LogP contribution in [-0.2, 0) is 17.9 Å². The molecule has 0 fully saturated rings. The number of imidazole rings is 1. The minimum Gasteiger partial charge on any atom is -0.365 e. The first-order valence-corrected chi connectivity index (χ1v) is 8.90. The summed E-state index contributed by atoms with van der Waals surface area (Å²) in [5.41, 5.74) is 4.88. The predicted molar refractivity (Wildman–Crippen MR) is 99.7 cm³/mol. The Morgan fingerprint density at radius 1 is 1.04 bits per heavy atom. The standard InChI is InChI=1S/C21H18N4O2/c1-14-7-5-6-10-16(14)20-23-21(27-24-20)19-17-12-26-18(11-25(17)13-22-19)15-8-3-2-4-9-15/h2-10,13,18H,11-12H2,1H3/t18-/m0/s1. The van der Waals surface area contributed by atoms with E-state index in [4.69, 9.17) is 9.26 Å². The van der Waals surface area contributed by atoms with Crippen LogP contribution < -0.4 is 0 Å². The van der Waals surface area contributed by atoms with Crippen molar-refractivity contribution in [3.63, 3.8) is 0 Å². The van der Waals surface area contributed by atoms with Crippen molar-refractivity contribution in [3.8, 4) is 23.0 Å². The Kier molecular flexibility index (Phi) is 3.83. The molecule has 1 aliphatic heterocycles. The second-order valence-corrected chi connectivity index (χ2v) is 6.64. The quantitative estimate of drug-likeness (QED) is 0.550. The van der Waals surface area contributed by atoms with Gasteiger partial charge < -0.3 is 13.8 Å². The number of benzene rings is 2. The fraction of sp³-hybridized carbons (Fsp3) is 0.190. The first-order valence-electron chi connectivity index (χ1n) is 8.90. The van der Waals surface area contributed by atoms with Crippen LogP contribution in [0.4, 0.5) is 0 Å². The average molecular weight is 358 g/mol. The number of aryl methyl sites for hydroxylation is 1. The summed E-state index contributed by atoms with van der Waals surface area (Å²) in [7, 11) is 0. The van der Waals surface area contributed by atoms with E-state index >= 15 is 0 Å². The number of nitrogens with zero attached hydrogens (tertiary/aromatic N) is 4. The van der Waals surface area contributed by atoms with Gasteiger partial charge in [-0.25, -0.2) is 4.98 Å². The highest BCUT2D eigenvalue weighted by atomic mass is 16.5. The third kappa shape index (κ3) is 2.84. The average Bonchev–Trinajstić information content (AvgIpc) is 3.35. The molecule has 0 N–H and O–H groups in total. The third-order valence-corrected chi connectivity index (χ3v) is 4.92. The highest BCUT2D eigenvalue weighted by Gasteiger charge is 2.26. The lowest BCUT2D eigenvalue weighted by Gasteiger charge is -2.25. The van der Waals surface area contributed by atoms with Gasteiger partial charge in [0, 0.05) is 5.56 Å². The smallest absolute Gasteiger partial charge is 0.278 e. The van der Waals surface area contributed by atoms with E-state index < -0.39 is 0 Å². The lowest BCUT2D eigenvalue weighted by atomic mass is 10.1. The monoisotopic (exact) mass is 358 g/mol. The SMILES string of the molecule is Cc1ccccc1-c1noc(-c2ncn3c2CO[C@H](c2ccccc2)C3)n1. The number of rotatable bonds is 3. The molecule has 1 atom stereocenters. The van der Waals surface area contributed by atoms with E-state index in [2.05, 4.69) is 31.8 Å². The molecule has 0 unspecified atom stereocenters. The van der Waals surface area contributed by atoms with E-state index in [-0.39, 0.29) is 6.10 Å². The Morgan fingerprint density at radius 2 is 1.85 bits per heavy atom. The Labute approximate surface area is 156 Å². The molecular weight excluding hydrogens is 340 g/mol. The van der Waals surface area contributed by atoms with Gasteiger partial charge in [-0.3, -0.25) is 0 Å². The molecule has 2 aromatic carbocycles. The van der Waals surface area contributed by atoms with E-state index in [0.29, 0.717) is 30.6 Å². The molecule has 6 nitrogen and oxygen atoms in total. The normalized spacial score (nSPS) is 16.3. The number of hydrogen-bond donors (Lipinski definition) is 0. The van der Waals surface area contributed by atoms with Gasteiger partial charge in [0.2, 0.25) is 5.82 Å². The van der Waals surface area contributed by atoms with Crippen molar-refractivity contribution in [1.82, 2.24) is 19.7 Å². The minimum atomic E-state index is 0.0194. The van der Waals surface area contributed by atoms with Crippen LogP contribution in [0.3, 0.4) is 0 Å². The van der Waals surface area contributed by atoms with Crippen LogP contribution in [0.5, 0.6) is 0 Å². The zero-order chi connectivity index (χ0) is 18.2. The molecule has 0 aliphatic carbocycles. The van der Waals surface area contributed by atoms with Gasteiger partial charge in [0.05, 0.1) is 25.2 Å². The molecule has 0 saturated carbocycles. The highest BCUT2D eigenvalue weighted by Crippen LogP contribution is 2.32. The predicted octanol–water partition coefficient (Wildman–Crippen LogP) is 4.18. The molecule has 5 rings (SSSR count). The maximum Gasteiger partial charge on any atom is 0.278 e. The molecular formula is C21H18N4O2. The molecule has 0 radical (unpaired) electrons. The van der Waals surface area contributed by atoms with Crippen molar-refractivity contribution in [1.29, 1.82) is 0 Å². The zero-order valence-corrected chi connectivity index (χ0v) is 14.9. The summed E-state index contributed by atoms with van der Waals surface area (Å²) in [4.78, 5) is 9.07. The van der Waals surface area contributed by atoms with Gasteiger partial charge >= 0.3 is 0 Å². The molecule has 0 spiro atoms. The Hall–Kier alpha value is -3.25. The molecule has 0 amide bonds. The maximum absolute atomic E-state index is 6.07. The number of hydrogen-bond acceptors (Lipinski definition) is 5. The van der Waals surface area contributed by atoms with Gasteiger partial charge in [-0.2, -0.15) is 4.98 Å². The maximum atomic E-state index is 6.07. The summed E-state index contributed by atoms with van der Waals surface area (Å²) in [6.45, 7) is 3.20. The molecule has 1 aliphatic rings.